The Morgan fingerprint density at radius 2 is 2.14 bits per heavy atom. The Hall–Kier alpha value is -1.07. The Morgan fingerprint density at radius 3 is 2.71 bits per heavy atom. The molecule has 0 saturated carbocycles. The predicted molar refractivity (Wildman–Crippen MR) is 88.4 cm³/mol. The quantitative estimate of drug-likeness (QED) is 0.776. The number of hydrogen-bond donors (Lipinski definition) is 1. The topological polar surface area (TPSA) is 43.0 Å². The van der Waals surface area contributed by atoms with E-state index in [-0.39, 0.29) is 6.04 Å². The van der Waals surface area contributed by atoms with Crippen LogP contribution < -0.4 is 5.32 Å². The average Bonchev–Trinajstić information content (AvgIpc) is 3.09. The van der Waals surface area contributed by atoms with Crippen molar-refractivity contribution < 1.29 is 4.42 Å². The third-order valence-electron chi connectivity index (χ3n) is 3.57. The number of nitrogens with one attached hydrogen (secondary N) is 1. The summed E-state index contributed by atoms with van der Waals surface area (Å²) in [6, 6.07) is 6.38. The standard InChI is InChI=1S/C16H24BrN3O/c1-4-9-18-14(15-7-8-16(17)21-15)11-13-10-12(5-2)19-20(13)6-3/h7-8,10,14,18H,4-6,9,11H2,1-3H3. The molecule has 0 bridgehead atoms. The van der Waals surface area contributed by atoms with Gasteiger partial charge in [0, 0.05) is 18.7 Å². The lowest BCUT2D eigenvalue weighted by molar-refractivity contribution is 0.393. The highest BCUT2D eigenvalue weighted by molar-refractivity contribution is 9.10. The summed E-state index contributed by atoms with van der Waals surface area (Å²) in [6.07, 6.45) is 2.96. The third-order valence-corrected chi connectivity index (χ3v) is 3.99. The Morgan fingerprint density at radius 1 is 1.33 bits per heavy atom. The van der Waals surface area contributed by atoms with E-state index < -0.39 is 0 Å². The van der Waals surface area contributed by atoms with E-state index in [9.17, 15) is 0 Å². The molecule has 5 heteroatoms. The number of aromatic nitrogens is 2. The van der Waals surface area contributed by atoms with Gasteiger partial charge in [-0.3, -0.25) is 4.68 Å². The van der Waals surface area contributed by atoms with Gasteiger partial charge in [-0.2, -0.15) is 5.10 Å². The molecule has 4 nitrogen and oxygen atoms in total. The molecule has 0 amide bonds. The van der Waals surface area contributed by atoms with E-state index in [1.54, 1.807) is 0 Å². The first-order valence-electron chi connectivity index (χ1n) is 7.72. The summed E-state index contributed by atoms with van der Waals surface area (Å²) in [6.45, 7) is 8.33. The van der Waals surface area contributed by atoms with Crippen LogP contribution in [-0.2, 0) is 19.4 Å². The summed E-state index contributed by atoms with van der Waals surface area (Å²) in [5.41, 5.74) is 2.41. The van der Waals surface area contributed by atoms with Crippen molar-refractivity contribution in [2.75, 3.05) is 6.54 Å². The van der Waals surface area contributed by atoms with Gasteiger partial charge in [-0.25, -0.2) is 0 Å². The number of halogens is 1. The van der Waals surface area contributed by atoms with Crippen LogP contribution in [0.2, 0.25) is 0 Å². The second-order valence-electron chi connectivity index (χ2n) is 5.15. The highest BCUT2D eigenvalue weighted by Gasteiger charge is 2.18. The number of hydrogen-bond acceptors (Lipinski definition) is 3. The van der Waals surface area contributed by atoms with Crippen molar-refractivity contribution in [2.24, 2.45) is 0 Å². The third kappa shape index (κ3) is 4.20. The molecule has 1 N–H and O–H groups in total. The molecular formula is C16H24BrN3O. The minimum absolute atomic E-state index is 0.183. The predicted octanol–water partition coefficient (Wildman–Crippen LogP) is 4.10. The second-order valence-corrected chi connectivity index (χ2v) is 5.93. The van der Waals surface area contributed by atoms with E-state index in [0.717, 1.165) is 48.5 Å². The smallest absolute Gasteiger partial charge is 0.169 e. The Balaban J connectivity index is 2.19. The second kappa shape index (κ2) is 7.80. The van der Waals surface area contributed by atoms with Crippen LogP contribution in [0.5, 0.6) is 0 Å². The van der Waals surface area contributed by atoms with Crippen LogP contribution in [0, 0.1) is 0 Å². The van der Waals surface area contributed by atoms with Gasteiger partial charge in [-0.05, 0) is 60.4 Å². The van der Waals surface area contributed by atoms with Gasteiger partial charge in [0.05, 0.1) is 11.7 Å². The molecule has 2 rings (SSSR count). The first kappa shape index (κ1) is 16.3. The van der Waals surface area contributed by atoms with Crippen LogP contribution >= 0.6 is 15.9 Å². The minimum Gasteiger partial charge on any atom is -0.453 e. The first-order valence-corrected chi connectivity index (χ1v) is 8.51. The molecule has 0 aliphatic heterocycles. The molecular weight excluding hydrogens is 330 g/mol. The van der Waals surface area contributed by atoms with E-state index in [1.165, 1.54) is 5.69 Å². The molecule has 0 aliphatic carbocycles. The molecule has 2 aromatic rings. The number of nitrogens with zero attached hydrogens (tertiary/aromatic N) is 2. The monoisotopic (exact) mass is 353 g/mol. The largest absolute Gasteiger partial charge is 0.453 e. The van der Waals surface area contributed by atoms with Crippen LogP contribution in [0.25, 0.3) is 0 Å². The molecule has 21 heavy (non-hydrogen) atoms. The van der Waals surface area contributed by atoms with Crippen molar-refractivity contribution in [3.63, 3.8) is 0 Å². The lowest BCUT2D eigenvalue weighted by Crippen LogP contribution is -2.24. The molecule has 2 heterocycles. The van der Waals surface area contributed by atoms with Crippen LogP contribution in [0.4, 0.5) is 0 Å². The highest BCUT2D eigenvalue weighted by atomic mass is 79.9. The van der Waals surface area contributed by atoms with Crippen LogP contribution in [0.1, 0.15) is 50.4 Å². The zero-order chi connectivity index (χ0) is 15.2. The Bertz CT molecular complexity index is 562. The molecule has 1 atom stereocenters. The number of aryl methyl sites for hydroxylation is 2. The zero-order valence-electron chi connectivity index (χ0n) is 13.0. The summed E-state index contributed by atoms with van der Waals surface area (Å²) in [4.78, 5) is 0. The van der Waals surface area contributed by atoms with Crippen LogP contribution in [0.3, 0.4) is 0 Å². The molecule has 0 saturated heterocycles. The normalized spacial score (nSPS) is 12.8. The van der Waals surface area contributed by atoms with Crippen LogP contribution in [0.15, 0.2) is 27.3 Å². The van der Waals surface area contributed by atoms with Crippen molar-refractivity contribution in [1.82, 2.24) is 15.1 Å². The van der Waals surface area contributed by atoms with Crippen molar-refractivity contribution >= 4 is 15.9 Å². The van der Waals surface area contributed by atoms with E-state index in [0.29, 0.717) is 0 Å². The molecule has 1 unspecified atom stereocenters. The van der Waals surface area contributed by atoms with Gasteiger partial charge in [0.15, 0.2) is 4.67 Å². The van der Waals surface area contributed by atoms with E-state index in [4.69, 9.17) is 4.42 Å². The van der Waals surface area contributed by atoms with E-state index in [1.807, 2.05) is 12.1 Å². The summed E-state index contributed by atoms with van der Waals surface area (Å²) in [7, 11) is 0. The van der Waals surface area contributed by atoms with Gasteiger partial charge in [0.25, 0.3) is 0 Å². The Kier molecular flexibility index (Phi) is 6.06. The van der Waals surface area contributed by atoms with Gasteiger partial charge in [0.2, 0.25) is 0 Å². The molecule has 0 aromatic carbocycles. The van der Waals surface area contributed by atoms with Gasteiger partial charge >= 0.3 is 0 Å². The molecule has 0 spiro atoms. The summed E-state index contributed by atoms with van der Waals surface area (Å²) in [5.74, 6) is 0.970. The summed E-state index contributed by atoms with van der Waals surface area (Å²) in [5, 5.41) is 8.20. The average molecular weight is 354 g/mol. The fourth-order valence-corrected chi connectivity index (χ4v) is 2.76. The maximum absolute atomic E-state index is 5.75. The van der Waals surface area contributed by atoms with E-state index >= 15 is 0 Å². The van der Waals surface area contributed by atoms with Crippen LogP contribution in [-0.4, -0.2) is 16.3 Å². The first-order chi connectivity index (χ1) is 10.2. The molecule has 0 aliphatic rings. The summed E-state index contributed by atoms with van der Waals surface area (Å²) < 4.78 is 8.62. The van der Waals surface area contributed by atoms with Crippen molar-refractivity contribution in [3.05, 3.63) is 40.0 Å². The fraction of sp³-hybridized carbons (Fsp3) is 0.562. The summed E-state index contributed by atoms with van der Waals surface area (Å²) >= 11 is 3.39. The molecule has 0 radical (unpaired) electrons. The Labute approximate surface area is 135 Å². The lowest BCUT2D eigenvalue weighted by atomic mass is 10.1. The highest BCUT2D eigenvalue weighted by Crippen LogP contribution is 2.24. The van der Waals surface area contributed by atoms with Crippen molar-refractivity contribution in [1.29, 1.82) is 0 Å². The maximum atomic E-state index is 5.75. The van der Waals surface area contributed by atoms with Gasteiger partial charge in [-0.1, -0.05) is 13.8 Å². The molecule has 2 aromatic heterocycles. The number of furan rings is 1. The number of rotatable bonds is 8. The maximum Gasteiger partial charge on any atom is 0.169 e. The fourth-order valence-electron chi connectivity index (χ4n) is 2.44. The van der Waals surface area contributed by atoms with E-state index in [2.05, 4.69) is 57.9 Å². The molecule has 0 fully saturated rings. The van der Waals surface area contributed by atoms with Gasteiger partial charge in [-0.15, -0.1) is 0 Å². The van der Waals surface area contributed by atoms with Gasteiger partial charge in [0.1, 0.15) is 5.76 Å². The van der Waals surface area contributed by atoms with Gasteiger partial charge < -0.3 is 9.73 Å². The lowest BCUT2D eigenvalue weighted by Gasteiger charge is -2.16. The SMILES string of the molecule is CCCNC(Cc1cc(CC)nn1CC)c1ccc(Br)o1. The molecule has 116 valence electrons. The van der Waals surface area contributed by atoms with Crippen molar-refractivity contribution in [2.45, 2.75) is 52.6 Å². The minimum atomic E-state index is 0.183. The zero-order valence-corrected chi connectivity index (χ0v) is 14.6. The van der Waals surface area contributed by atoms with Crippen molar-refractivity contribution in [3.8, 4) is 0 Å².